The summed E-state index contributed by atoms with van der Waals surface area (Å²) >= 11 is 1.30. The number of allylic oxidation sites excluding steroid dienone is 1. The Morgan fingerprint density at radius 2 is 1.57 bits per heavy atom. The van der Waals surface area contributed by atoms with Crippen LogP contribution in [-0.2, 0) is 4.79 Å². The highest BCUT2D eigenvalue weighted by molar-refractivity contribution is 7.07. The van der Waals surface area contributed by atoms with Crippen LogP contribution in [0.3, 0.4) is 0 Å². The van der Waals surface area contributed by atoms with Gasteiger partial charge in [0.1, 0.15) is 11.5 Å². The van der Waals surface area contributed by atoms with Gasteiger partial charge >= 0.3 is 0 Å². The van der Waals surface area contributed by atoms with E-state index in [1.807, 2.05) is 84.9 Å². The summed E-state index contributed by atoms with van der Waals surface area (Å²) in [6.45, 7) is 1.80. The van der Waals surface area contributed by atoms with Crippen molar-refractivity contribution in [1.82, 2.24) is 4.57 Å². The summed E-state index contributed by atoms with van der Waals surface area (Å²) in [6.07, 6.45) is 1.83. The van der Waals surface area contributed by atoms with Gasteiger partial charge in [0, 0.05) is 5.69 Å². The number of nitrogens with zero attached hydrogens (tertiary/aromatic N) is 2. The second-order valence-electron chi connectivity index (χ2n) is 8.45. The average Bonchev–Trinajstić information content (AvgIpc) is 3.23. The highest BCUT2D eigenvalue weighted by Gasteiger charge is 2.32. The Balaban J connectivity index is 1.65. The van der Waals surface area contributed by atoms with Crippen LogP contribution in [0.15, 0.2) is 99.9 Å². The second kappa shape index (κ2) is 10.3. The van der Waals surface area contributed by atoms with E-state index >= 15 is 0 Å². The summed E-state index contributed by atoms with van der Waals surface area (Å²) < 4.78 is 12.7. The van der Waals surface area contributed by atoms with Gasteiger partial charge in [-0.3, -0.25) is 14.2 Å². The number of amides is 1. The number of fused-ring (bicyclic) bond motifs is 1. The van der Waals surface area contributed by atoms with E-state index in [2.05, 4.69) is 10.3 Å². The van der Waals surface area contributed by atoms with Gasteiger partial charge < -0.3 is 14.8 Å². The van der Waals surface area contributed by atoms with Crippen molar-refractivity contribution in [2.75, 3.05) is 19.5 Å². The Morgan fingerprint density at radius 1 is 0.946 bits per heavy atom. The predicted molar refractivity (Wildman–Crippen MR) is 145 cm³/mol. The van der Waals surface area contributed by atoms with Gasteiger partial charge in [0.2, 0.25) is 0 Å². The molecule has 0 bridgehead atoms. The highest BCUT2D eigenvalue weighted by Crippen LogP contribution is 2.31. The Hall–Kier alpha value is -4.43. The van der Waals surface area contributed by atoms with Crippen LogP contribution in [0.25, 0.3) is 6.08 Å². The van der Waals surface area contributed by atoms with E-state index in [1.54, 1.807) is 25.7 Å². The maximum atomic E-state index is 13.8. The quantitative estimate of drug-likeness (QED) is 0.426. The number of anilines is 1. The maximum Gasteiger partial charge on any atom is 0.271 e. The number of hydrogen-bond donors (Lipinski definition) is 1. The van der Waals surface area contributed by atoms with Crippen molar-refractivity contribution in [3.05, 3.63) is 121 Å². The molecule has 2 heterocycles. The molecular weight excluding hydrogens is 486 g/mol. The minimum atomic E-state index is -0.649. The van der Waals surface area contributed by atoms with E-state index < -0.39 is 6.04 Å². The van der Waals surface area contributed by atoms with Crippen molar-refractivity contribution in [3.8, 4) is 11.5 Å². The summed E-state index contributed by atoms with van der Waals surface area (Å²) in [5, 5.41) is 2.96. The molecule has 1 aromatic heterocycles. The molecule has 0 saturated heterocycles. The zero-order valence-corrected chi connectivity index (χ0v) is 21.4. The number of ether oxygens (including phenoxy) is 2. The Morgan fingerprint density at radius 3 is 2.19 bits per heavy atom. The molecule has 186 valence electrons. The molecule has 7 nitrogen and oxygen atoms in total. The molecule has 0 radical (unpaired) electrons. The van der Waals surface area contributed by atoms with Gasteiger partial charge in [-0.25, -0.2) is 4.99 Å². The molecule has 1 N–H and O–H groups in total. The monoisotopic (exact) mass is 511 g/mol. The second-order valence-corrected chi connectivity index (χ2v) is 9.46. The van der Waals surface area contributed by atoms with Gasteiger partial charge in [-0.1, -0.05) is 53.8 Å². The summed E-state index contributed by atoms with van der Waals surface area (Å²) in [6, 6.07) is 23.4. The molecule has 4 aromatic rings. The van der Waals surface area contributed by atoms with Gasteiger partial charge in [0.15, 0.2) is 4.80 Å². The molecule has 0 saturated carbocycles. The summed E-state index contributed by atoms with van der Waals surface area (Å²) in [5.41, 5.74) is 3.08. The third-order valence-corrected chi connectivity index (χ3v) is 7.13. The summed E-state index contributed by atoms with van der Waals surface area (Å²) in [4.78, 5) is 32.6. The van der Waals surface area contributed by atoms with Gasteiger partial charge in [-0.15, -0.1) is 0 Å². The lowest BCUT2D eigenvalue weighted by Crippen LogP contribution is -2.40. The first kappa shape index (κ1) is 24.3. The molecular formula is C29H25N3O4S. The van der Waals surface area contributed by atoms with Crippen molar-refractivity contribution < 1.29 is 14.3 Å². The van der Waals surface area contributed by atoms with Crippen LogP contribution in [0.4, 0.5) is 5.69 Å². The van der Waals surface area contributed by atoms with Crippen LogP contribution in [0.2, 0.25) is 0 Å². The standard InChI is InChI=1S/C29H25N3O4S/c1-18-25(27(33)31-21-7-5-4-6-8-21)26(20-11-15-23(36-3)16-12-20)32-28(34)24(37-29(32)30-18)17-19-9-13-22(35-2)14-10-19/h4-17,26H,1-3H3,(H,31,33)/b24-17+. The van der Waals surface area contributed by atoms with E-state index in [1.165, 1.54) is 11.3 Å². The lowest BCUT2D eigenvalue weighted by Gasteiger charge is -2.25. The molecule has 0 spiro atoms. The third kappa shape index (κ3) is 4.83. The number of aromatic nitrogens is 1. The number of rotatable bonds is 6. The molecule has 8 heteroatoms. The van der Waals surface area contributed by atoms with Gasteiger partial charge in [0.25, 0.3) is 11.5 Å². The first-order chi connectivity index (χ1) is 18.0. The van der Waals surface area contributed by atoms with Gasteiger partial charge in [0.05, 0.1) is 36.1 Å². The SMILES string of the molecule is COc1ccc(/C=c2/sc3n(c2=O)C(c2ccc(OC)cc2)C(C(=O)Nc2ccccc2)=C(C)N=3)cc1. The lowest BCUT2D eigenvalue weighted by atomic mass is 9.95. The molecule has 1 aliphatic rings. The minimum absolute atomic E-state index is 0.210. The molecule has 0 aliphatic carbocycles. The first-order valence-corrected chi connectivity index (χ1v) is 12.5. The molecule has 1 unspecified atom stereocenters. The smallest absolute Gasteiger partial charge is 0.271 e. The third-order valence-electron chi connectivity index (χ3n) is 6.14. The number of methoxy groups -OCH3 is 2. The molecule has 1 atom stereocenters. The van der Waals surface area contributed by atoms with Gasteiger partial charge in [-0.2, -0.15) is 0 Å². The fraction of sp³-hybridized carbons (Fsp3) is 0.138. The summed E-state index contributed by atoms with van der Waals surface area (Å²) in [7, 11) is 3.21. The minimum Gasteiger partial charge on any atom is -0.497 e. The fourth-order valence-electron chi connectivity index (χ4n) is 4.28. The number of nitrogens with one attached hydrogen (secondary N) is 1. The number of para-hydroxylation sites is 1. The van der Waals surface area contributed by atoms with Crippen LogP contribution in [0.5, 0.6) is 11.5 Å². The zero-order chi connectivity index (χ0) is 25.9. The lowest BCUT2D eigenvalue weighted by molar-refractivity contribution is -0.113. The van der Waals surface area contributed by atoms with Crippen LogP contribution in [-0.4, -0.2) is 24.7 Å². The number of benzene rings is 3. The van der Waals surface area contributed by atoms with Crippen molar-refractivity contribution in [1.29, 1.82) is 0 Å². The molecule has 0 fully saturated rings. The van der Waals surface area contributed by atoms with Crippen LogP contribution >= 0.6 is 11.3 Å². The van der Waals surface area contributed by atoms with E-state index in [-0.39, 0.29) is 11.5 Å². The van der Waals surface area contributed by atoms with E-state index in [4.69, 9.17) is 9.47 Å². The number of hydrogen-bond acceptors (Lipinski definition) is 6. The van der Waals surface area contributed by atoms with Crippen molar-refractivity contribution in [2.45, 2.75) is 13.0 Å². The van der Waals surface area contributed by atoms with Crippen molar-refractivity contribution in [2.24, 2.45) is 4.99 Å². The van der Waals surface area contributed by atoms with E-state index in [9.17, 15) is 9.59 Å². The molecule has 1 amide bonds. The van der Waals surface area contributed by atoms with Crippen LogP contribution in [0, 0.1) is 0 Å². The van der Waals surface area contributed by atoms with Crippen molar-refractivity contribution in [3.63, 3.8) is 0 Å². The molecule has 37 heavy (non-hydrogen) atoms. The van der Waals surface area contributed by atoms with E-state index in [0.717, 1.165) is 16.9 Å². The predicted octanol–water partition coefficient (Wildman–Crippen LogP) is 3.89. The average molecular weight is 512 g/mol. The fourth-order valence-corrected chi connectivity index (χ4v) is 5.33. The zero-order valence-electron chi connectivity index (χ0n) is 20.6. The molecule has 1 aliphatic heterocycles. The Kier molecular flexibility index (Phi) is 6.74. The van der Waals surface area contributed by atoms with Gasteiger partial charge in [-0.05, 0) is 60.5 Å². The molecule has 3 aromatic carbocycles. The maximum absolute atomic E-state index is 13.8. The molecule has 5 rings (SSSR count). The first-order valence-electron chi connectivity index (χ1n) is 11.7. The Labute approximate surface area is 217 Å². The van der Waals surface area contributed by atoms with Crippen LogP contribution < -0.4 is 29.7 Å². The van der Waals surface area contributed by atoms with Crippen molar-refractivity contribution >= 4 is 29.0 Å². The highest BCUT2D eigenvalue weighted by atomic mass is 32.1. The van der Waals surface area contributed by atoms with E-state index in [0.29, 0.717) is 32.0 Å². The number of thiazole rings is 1. The topological polar surface area (TPSA) is 81.9 Å². The summed E-state index contributed by atoms with van der Waals surface area (Å²) in [5.74, 6) is 1.12. The normalized spacial score (nSPS) is 15.1. The Bertz CT molecular complexity index is 1650. The number of carbonyl (C=O) groups excluding carboxylic acids is 1. The number of carbonyl (C=O) groups is 1. The van der Waals surface area contributed by atoms with Crippen LogP contribution in [0.1, 0.15) is 24.1 Å². The largest absolute Gasteiger partial charge is 0.497 e.